The maximum Gasteiger partial charge on any atom is 0.433 e. The molecule has 2 rings (SSSR count). The average Bonchev–Trinajstić information content (AvgIpc) is 2.61. The predicted octanol–water partition coefficient (Wildman–Crippen LogP) is 4.51. The van der Waals surface area contributed by atoms with Gasteiger partial charge in [-0.15, -0.1) is 0 Å². The van der Waals surface area contributed by atoms with Crippen molar-refractivity contribution in [3.63, 3.8) is 0 Å². The fourth-order valence-corrected chi connectivity index (χ4v) is 2.05. The standard InChI is InChI=1S/C10H5BrClF3N2/c11-9-7(5-1-3-6(12)4-2-5)8(16-17-9)10(13,14)15/h1-4H,(H,16,17). The number of nitrogens with zero attached hydrogens (tertiary/aromatic N) is 1. The number of nitrogens with one attached hydrogen (secondary N) is 1. The molecule has 2 nitrogen and oxygen atoms in total. The lowest BCUT2D eigenvalue weighted by molar-refractivity contribution is -0.140. The van der Waals surface area contributed by atoms with Crippen LogP contribution in [0.25, 0.3) is 11.1 Å². The van der Waals surface area contributed by atoms with Crippen LogP contribution in [0, 0.1) is 0 Å². The molecule has 0 atom stereocenters. The van der Waals surface area contributed by atoms with E-state index < -0.39 is 11.9 Å². The van der Waals surface area contributed by atoms with Crippen LogP contribution < -0.4 is 0 Å². The highest BCUT2D eigenvalue weighted by atomic mass is 79.9. The Labute approximate surface area is 108 Å². The van der Waals surface area contributed by atoms with Crippen molar-refractivity contribution in [2.24, 2.45) is 0 Å². The second-order valence-corrected chi connectivity index (χ2v) is 4.46. The summed E-state index contributed by atoms with van der Waals surface area (Å²) in [6.07, 6.45) is -4.48. The largest absolute Gasteiger partial charge is 0.433 e. The number of halogens is 5. The molecule has 1 heterocycles. The Kier molecular flexibility index (Phi) is 3.18. The summed E-state index contributed by atoms with van der Waals surface area (Å²) in [6, 6.07) is 6.06. The van der Waals surface area contributed by atoms with E-state index >= 15 is 0 Å². The van der Waals surface area contributed by atoms with E-state index in [1.54, 1.807) is 0 Å². The van der Waals surface area contributed by atoms with Gasteiger partial charge in [-0.05, 0) is 33.6 Å². The van der Waals surface area contributed by atoms with Crippen molar-refractivity contribution in [1.82, 2.24) is 10.2 Å². The van der Waals surface area contributed by atoms with E-state index in [9.17, 15) is 13.2 Å². The maximum atomic E-state index is 12.7. The Morgan fingerprint density at radius 1 is 1.18 bits per heavy atom. The van der Waals surface area contributed by atoms with Crippen molar-refractivity contribution in [1.29, 1.82) is 0 Å². The molecule has 0 radical (unpaired) electrons. The van der Waals surface area contributed by atoms with Gasteiger partial charge in [0.25, 0.3) is 0 Å². The third kappa shape index (κ3) is 2.47. The second-order valence-electron chi connectivity index (χ2n) is 3.27. The van der Waals surface area contributed by atoms with Gasteiger partial charge in [0.2, 0.25) is 0 Å². The van der Waals surface area contributed by atoms with Crippen molar-refractivity contribution < 1.29 is 13.2 Å². The topological polar surface area (TPSA) is 28.7 Å². The number of H-pyrrole nitrogens is 1. The van der Waals surface area contributed by atoms with Gasteiger partial charge in [0, 0.05) is 10.6 Å². The lowest BCUT2D eigenvalue weighted by Gasteiger charge is -2.07. The number of hydrogen-bond donors (Lipinski definition) is 1. The molecule has 0 saturated heterocycles. The van der Waals surface area contributed by atoms with Crippen LogP contribution in [0.3, 0.4) is 0 Å². The zero-order valence-electron chi connectivity index (χ0n) is 8.15. The zero-order chi connectivity index (χ0) is 12.6. The van der Waals surface area contributed by atoms with Crippen molar-refractivity contribution in [2.45, 2.75) is 6.18 Å². The molecule has 0 aliphatic heterocycles. The highest BCUT2D eigenvalue weighted by molar-refractivity contribution is 9.10. The van der Waals surface area contributed by atoms with E-state index in [1.807, 2.05) is 5.10 Å². The fraction of sp³-hybridized carbons (Fsp3) is 0.100. The van der Waals surface area contributed by atoms with Gasteiger partial charge in [0.05, 0.1) is 0 Å². The second kappa shape index (κ2) is 4.34. The zero-order valence-corrected chi connectivity index (χ0v) is 10.5. The van der Waals surface area contributed by atoms with Crippen LogP contribution in [0.2, 0.25) is 5.02 Å². The van der Waals surface area contributed by atoms with E-state index in [2.05, 4.69) is 21.0 Å². The minimum absolute atomic E-state index is 0.0193. The molecule has 0 aliphatic carbocycles. The van der Waals surface area contributed by atoms with E-state index in [0.717, 1.165) is 0 Å². The third-order valence-corrected chi connectivity index (χ3v) is 2.96. The number of hydrogen-bond acceptors (Lipinski definition) is 1. The lowest BCUT2D eigenvalue weighted by Crippen LogP contribution is -2.07. The number of alkyl halides is 3. The number of benzene rings is 1. The molecule has 0 bridgehead atoms. The van der Waals surface area contributed by atoms with Crippen LogP contribution in [-0.4, -0.2) is 10.2 Å². The van der Waals surface area contributed by atoms with Gasteiger partial charge in [0.15, 0.2) is 0 Å². The van der Waals surface area contributed by atoms with Gasteiger partial charge in [-0.2, -0.15) is 18.3 Å². The molecule has 0 spiro atoms. The van der Waals surface area contributed by atoms with Gasteiger partial charge in [0.1, 0.15) is 10.3 Å². The first-order valence-electron chi connectivity index (χ1n) is 4.46. The SMILES string of the molecule is FC(F)(F)c1[nH]nc(Br)c1-c1ccc(Cl)cc1. The number of aromatic nitrogens is 2. The van der Waals surface area contributed by atoms with Crippen LogP contribution in [0.1, 0.15) is 5.69 Å². The Hall–Kier alpha value is -1.01. The molecule has 1 aromatic heterocycles. The first kappa shape index (κ1) is 12.4. The van der Waals surface area contributed by atoms with Gasteiger partial charge in [-0.1, -0.05) is 23.7 Å². The molecule has 1 aromatic carbocycles. The fourth-order valence-electron chi connectivity index (χ4n) is 1.41. The molecular weight excluding hydrogens is 320 g/mol. The van der Waals surface area contributed by atoms with Gasteiger partial charge in [-0.3, -0.25) is 5.10 Å². The highest BCUT2D eigenvalue weighted by Gasteiger charge is 2.37. The Morgan fingerprint density at radius 3 is 2.29 bits per heavy atom. The molecule has 17 heavy (non-hydrogen) atoms. The molecule has 7 heteroatoms. The van der Waals surface area contributed by atoms with Gasteiger partial charge in [-0.25, -0.2) is 0 Å². The molecule has 0 fully saturated rings. The normalized spacial score (nSPS) is 11.8. The minimum atomic E-state index is -4.48. The molecule has 90 valence electrons. The van der Waals surface area contributed by atoms with Crippen LogP contribution >= 0.6 is 27.5 Å². The Balaban J connectivity index is 2.59. The minimum Gasteiger partial charge on any atom is -0.272 e. The molecule has 0 aliphatic rings. The monoisotopic (exact) mass is 324 g/mol. The average molecular weight is 326 g/mol. The lowest BCUT2D eigenvalue weighted by atomic mass is 10.1. The van der Waals surface area contributed by atoms with Crippen LogP contribution in [-0.2, 0) is 6.18 Å². The molecular formula is C10H5BrClF3N2. The van der Waals surface area contributed by atoms with E-state index in [-0.39, 0.29) is 10.2 Å². The van der Waals surface area contributed by atoms with Gasteiger partial charge < -0.3 is 0 Å². The number of rotatable bonds is 1. The van der Waals surface area contributed by atoms with Crippen molar-refractivity contribution in [3.8, 4) is 11.1 Å². The first-order valence-corrected chi connectivity index (χ1v) is 5.63. The summed E-state index contributed by atoms with van der Waals surface area (Å²) in [5.41, 5.74) is -0.511. The highest BCUT2D eigenvalue weighted by Crippen LogP contribution is 2.39. The molecule has 0 saturated carbocycles. The Morgan fingerprint density at radius 2 is 1.76 bits per heavy atom. The Bertz CT molecular complexity index is 533. The summed E-state index contributed by atoms with van der Waals surface area (Å²) < 4.78 is 38.2. The van der Waals surface area contributed by atoms with Crippen molar-refractivity contribution in [2.75, 3.05) is 0 Å². The van der Waals surface area contributed by atoms with Crippen molar-refractivity contribution in [3.05, 3.63) is 39.6 Å². The third-order valence-electron chi connectivity index (χ3n) is 2.14. The predicted molar refractivity (Wildman–Crippen MR) is 61.7 cm³/mol. The maximum absolute atomic E-state index is 12.7. The summed E-state index contributed by atoms with van der Waals surface area (Å²) >= 11 is 8.67. The van der Waals surface area contributed by atoms with Crippen LogP contribution in [0.15, 0.2) is 28.9 Å². The molecule has 1 N–H and O–H groups in total. The smallest absolute Gasteiger partial charge is 0.272 e. The summed E-state index contributed by atoms with van der Waals surface area (Å²) in [4.78, 5) is 0. The summed E-state index contributed by atoms with van der Waals surface area (Å²) in [6.45, 7) is 0. The summed E-state index contributed by atoms with van der Waals surface area (Å²) in [5.74, 6) is 0. The molecule has 0 amide bonds. The van der Waals surface area contributed by atoms with Crippen LogP contribution in [0.4, 0.5) is 13.2 Å². The van der Waals surface area contributed by atoms with E-state index in [1.165, 1.54) is 24.3 Å². The van der Waals surface area contributed by atoms with Crippen molar-refractivity contribution >= 4 is 27.5 Å². The van der Waals surface area contributed by atoms with Gasteiger partial charge >= 0.3 is 6.18 Å². The summed E-state index contributed by atoms with van der Waals surface area (Å²) in [7, 11) is 0. The quantitative estimate of drug-likeness (QED) is 0.821. The van der Waals surface area contributed by atoms with Crippen LogP contribution in [0.5, 0.6) is 0 Å². The van der Waals surface area contributed by atoms with E-state index in [0.29, 0.717) is 10.6 Å². The number of aromatic amines is 1. The summed E-state index contributed by atoms with van der Waals surface area (Å²) in [5, 5.41) is 5.95. The van der Waals surface area contributed by atoms with E-state index in [4.69, 9.17) is 11.6 Å². The molecule has 2 aromatic rings. The molecule has 0 unspecified atom stereocenters. The first-order chi connectivity index (χ1) is 7.89.